The van der Waals surface area contributed by atoms with E-state index < -0.39 is 0 Å². The number of hydrogen-bond acceptors (Lipinski definition) is 7. The molecular weight excluding hydrogens is 511 g/mol. The summed E-state index contributed by atoms with van der Waals surface area (Å²) in [5.74, 6) is 1.77. The zero-order chi connectivity index (χ0) is 19.9. The fourth-order valence-electron chi connectivity index (χ4n) is 3.27. The van der Waals surface area contributed by atoms with E-state index in [2.05, 4.69) is 48.4 Å². The van der Waals surface area contributed by atoms with Crippen molar-refractivity contribution in [2.24, 2.45) is 4.99 Å². The largest absolute Gasteiger partial charge is 0.360 e. The van der Waals surface area contributed by atoms with Crippen LogP contribution in [0.4, 0.5) is 11.1 Å². The van der Waals surface area contributed by atoms with Gasteiger partial charge >= 0.3 is 0 Å². The predicted octanol–water partition coefficient (Wildman–Crippen LogP) is 2.90. The third kappa shape index (κ3) is 5.69. The maximum absolute atomic E-state index is 4.80. The first-order valence-corrected chi connectivity index (χ1v) is 10.8. The molecule has 0 amide bonds. The van der Waals surface area contributed by atoms with Crippen LogP contribution >= 0.6 is 35.3 Å². The summed E-state index contributed by atoms with van der Waals surface area (Å²) in [6, 6.07) is 10.0. The van der Waals surface area contributed by atoms with Crippen LogP contribution in [0.1, 0.15) is 6.92 Å². The van der Waals surface area contributed by atoms with Crippen molar-refractivity contribution >= 4 is 62.6 Å². The maximum atomic E-state index is 4.80. The molecular formula is C20H27IN8S. The van der Waals surface area contributed by atoms with Gasteiger partial charge in [-0.1, -0.05) is 23.5 Å². The summed E-state index contributed by atoms with van der Waals surface area (Å²) in [5.41, 5.74) is 1.04. The van der Waals surface area contributed by atoms with Crippen molar-refractivity contribution in [1.29, 1.82) is 0 Å². The highest BCUT2D eigenvalue weighted by molar-refractivity contribution is 14.0. The van der Waals surface area contributed by atoms with Crippen LogP contribution in [0, 0.1) is 0 Å². The van der Waals surface area contributed by atoms with Gasteiger partial charge in [0.1, 0.15) is 0 Å². The molecule has 0 bridgehead atoms. The summed E-state index contributed by atoms with van der Waals surface area (Å²) < 4.78 is 1.20. The van der Waals surface area contributed by atoms with Gasteiger partial charge in [0.05, 0.1) is 16.8 Å². The zero-order valence-electron chi connectivity index (χ0n) is 17.0. The highest BCUT2D eigenvalue weighted by Crippen LogP contribution is 2.24. The van der Waals surface area contributed by atoms with Crippen LogP contribution < -0.4 is 15.5 Å². The Kier molecular flexibility index (Phi) is 8.43. The van der Waals surface area contributed by atoms with Gasteiger partial charge < -0.3 is 20.4 Å². The van der Waals surface area contributed by atoms with Crippen molar-refractivity contribution in [2.45, 2.75) is 6.92 Å². The lowest BCUT2D eigenvalue weighted by Crippen LogP contribution is -2.53. The molecule has 3 heterocycles. The number of fused-ring (bicyclic) bond motifs is 1. The fourth-order valence-corrected chi connectivity index (χ4v) is 4.16. The van der Waals surface area contributed by atoms with Crippen molar-refractivity contribution in [3.8, 4) is 0 Å². The second kappa shape index (κ2) is 11.3. The Hall–Kier alpha value is -2.21. The lowest BCUT2D eigenvalue weighted by Gasteiger charge is -2.36. The standard InChI is InChI=1S/C20H26N8S.HI/c1-2-21-18(27-12-14-28(15-13-27)19-22-8-5-9-23-19)24-10-11-25-20-26-16-6-3-4-7-17(16)29-20;/h3-9H,2,10-15H2,1H3,(H,21,24)(H,25,26);1H. The minimum Gasteiger partial charge on any atom is -0.360 e. The number of anilines is 2. The fraction of sp³-hybridized carbons (Fsp3) is 0.400. The number of piperazine rings is 1. The molecule has 8 nitrogen and oxygen atoms in total. The quantitative estimate of drug-likeness (QED) is 0.216. The first-order chi connectivity index (χ1) is 14.3. The normalized spacial score (nSPS) is 14.5. The van der Waals surface area contributed by atoms with E-state index in [1.54, 1.807) is 23.7 Å². The summed E-state index contributed by atoms with van der Waals surface area (Å²) >= 11 is 1.68. The van der Waals surface area contributed by atoms with E-state index in [9.17, 15) is 0 Å². The van der Waals surface area contributed by atoms with Gasteiger partial charge in [0, 0.05) is 51.7 Å². The predicted molar refractivity (Wildman–Crippen MR) is 135 cm³/mol. The van der Waals surface area contributed by atoms with Crippen LogP contribution in [0.15, 0.2) is 47.7 Å². The molecule has 1 aromatic carbocycles. The van der Waals surface area contributed by atoms with E-state index in [1.807, 2.05) is 24.3 Å². The van der Waals surface area contributed by atoms with Gasteiger partial charge in [0.15, 0.2) is 11.1 Å². The molecule has 2 aromatic heterocycles. The van der Waals surface area contributed by atoms with Crippen LogP contribution in [0.5, 0.6) is 0 Å². The number of nitrogens with zero attached hydrogens (tertiary/aromatic N) is 6. The second-order valence-electron chi connectivity index (χ2n) is 6.67. The number of nitrogens with one attached hydrogen (secondary N) is 2. The highest BCUT2D eigenvalue weighted by atomic mass is 127. The van der Waals surface area contributed by atoms with Gasteiger partial charge in [-0.05, 0) is 25.1 Å². The van der Waals surface area contributed by atoms with Gasteiger partial charge in [-0.3, -0.25) is 4.99 Å². The molecule has 1 aliphatic rings. The average molecular weight is 538 g/mol. The van der Waals surface area contributed by atoms with Crippen LogP contribution in [0.2, 0.25) is 0 Å². The molecule has 0 spiro atoms. The number of rotatable bonds is 6. The number of benzene rings is 1. The second-order valence-corrected chi connectivity index (χ2v) is 7.70. The number of halogens is 1. The van der Waals surface area contributed by atoms with Gasteiger partial charge in [-0.2, -0.15) is 0 Å². The Labute approximate surface area is 197 Å². The van der Waals surface area contributed by atoms with Gasteiger partial charge in [0.2, 0.25) is 5.95 Å². The van der Waals surface area contributed by atoms with Gasteiger partial charge in [-0.25, -0.2) is 15.0 Å². The number of para-hydroxylation sites is 1. The Morgan fingerprint density at radius 3 is 2.60 bits per heavy atom. The molecule has 4 rings (SSSR count). The molecule has 0 saturated carbocycles. The van der Waals surface area contributed by atoms with E-state index in [0.29, 0.717) is 6.54 Å². The summed E-state index contributed by atoms with van der Waals surface area (Å²) in [6.07, 6.45) is 3.58. The zero-order valence-corrected chi connectivity index (χ0v) is 20.1. The monoisotopic (exact) mass is 538 g/mol. The molecule has 0 unspecified atom stereocenters. The van der Waals surface area contributed by atoms with E-state index in [1.165, 1.54) is 4.70 Å². The van der Waals surface area contributed by atoms with Crippen molar-refractivity contribution in [3.63, 3.8) is 0 Å². The molecule has 1 aliphatic heterocycles. The van der Waals surface area contributed by atoms with Crippen molar-refractivity contribution in [1.82, 2.24) is 25.2 Å². The van der Waals surface area contributed by atoms with Crippen LogP contribution in [0.25, 0.3) is 10.2 Å². The number of aromatic nitrogens is 3. The Morgan fingerprint density at radius 2 is 1.87 bits per heavy atom. The van der Waals surface area contributed by atoms with Crippen molar-refractivity contribution in [3.05, 3.63) is 42.7 Å². The lowest BCUT2D eigenvalue weighted by atomic mass is 10.3. The first kappa shape index (κ1) is 22.5. The van der Waals surface area contributed by atoms with Crippen LogP contribution in [0.3, 0.4) is 0 Å². The SMILES string of the molecule is CCNC(=NCCNc1nc2ccccc2s1)N1CCN(c2ncccn2)CC1.I. The summed E-state index contributed by atoms with van der Waals surface area (Å²) in [6.45, 7) is 7.98. The molecule has 0 atom stereocenters. The van der Waals surface area contributed by atoms with Crippen molar-refractivity contribution < 1.29 is 0 Å². The smallest absolute Gasteiger partial charge is 0.225 e. The van der Waals surface area contributed by atoms with Crippen LogP contribution in [-0.2, 0) is 0 Å². The molecule has 1 saturated heterocycles. The van der Waals surface area contributed by atoms with E-state index in [0.717, 1.165) is 61.8 Å². The molecule has 0 aliphatic carbocycles. The topological polar surface area (TPSA) is 81.6 Å². The third-order valence-corrected chi connectivity index (χ3v) is 5.69. The molecule has 160 valence electrons. The summed E-state index contributed by atoms with van der Waals surface area (Å²) in [7, 11) is 0. The Balaban J connectivity index is 0.00000256. The molecule has 2 N–H and O–H groups in total. The third-order valence-electron chi connectivity index (χ3n) is 4.69. The summed E-state index contributed by atoms with van der Waals surface area (Å²) in [5, 5.41) is 7.75. The minimum absolute atomic E-state index is 0. The van der Waals surface area contributed by atoms with E-state index in [4.69, 9.17) is 4.99 Å². The molecule has 30 heavy (non-hydrogen) atoms. The van der Waals surface area contributed by atoms with Crippen molar-refractivity contribution in [2.75, 3.05) is 56.0 Å². The van der Waals surface area contributed by atoms with Gasteiger partial charge in [0.25, 0.3) is 0 Å². The molecule has 1 fully saturated rings. The van der Waals surface area contributed by atoms with Crippen LogP contribution in [-0.4, -0.2) is 71.6 Å². The lowest BCUT2D eigenvalue weighted by molar-refractivity contribution is 0.370. The maximum Gasteiger partial charge on any atom is 0.225 e. The number of aliphatic imine (C=N–C) groups is 1. The van der Waals surface area contributed by atoms with Gasteiger partial charge in [-0.15, -0.1) is 24.0 Å². The summed E-state index contributed by atoms with van der Waals surface area (Å²) in [4.78, 5) is 22.6. The van der Waals surface area contributed by atoms with E-state index >= 15 is 0 Å². The minimum atomic E-state index is 0. The Morgan fingerprint density at radius 1 is 1.10 bits per heavy atom. The molecule has 10 heteroatoms. The number of guanidine groups is 1. The number of hydrogen-bond donors (Lipinski definition) is 2. The molecule has 0 radical (unpaired) electrons. The first-order valence-electron chi connectivity index (χ1n) is 9.98. The highest BCUT2D eigenvalue weighted by Gasteiger charge is 2.20. The van der Waals surface area contributed by atoms with E-state index in [-0.39, 0.29) is 24.0 Å². The molecule has 3 aromatic rings. The average Bonchev–Trinajstić information content (AvgIpc) is 3.19. The Bertz CT molecular complexity index is 907. The number of thiazole rings is 1.